The number of ketones is 1. The zero-order chi connectivity index (χ0) is 15.7. The molecule has 1 rings (SSSR count). The van der Waals surface area contributed by atoms with Crippen molar-refractivity contribution in [1.29, 1.82) is 0 Å². The summed E-state index contributed by atoms with van der Waals surface area (Å²) in [5.74, 6) is 2.03. The van der Waals surface area contributed by atoms with E-state index < -0.39 is 0 Å². The lowest BCUT2D eigenvalue weighted by Crippen LogP contribution is -2.07. The summed E-state index contributed by atoms with van der Waals surface area (Å²) in [6.07, 6.45) is 1.87. The minimum absolute atomic E-state index is 0.136. The van der Waals surface area contributed by atoms with E-state index in [-0.39, 0.29) is 5.78 Å². The second-order valence-electron chi connectivity index (χ2n) is 5.14. The molecule has 118 valence electrons. The minimum Gasteiger partial charge on any atom is -0.490 e. The van der Waals surface area contributed by atoms with Gasteiger partial charge in [0.2, 0.25) is 0 Å². The maximum Gasteiger partial charge on any atom is 0.172 e. The van der Waals surface area contributed by atoms with Crippen LogP contribution in [-0.4, -0.2) is 30.0 Å². The Hall–Kier alpha value is -1.16. The molecule has 0 aliphatic rings. The van der Waals surface area contributed by atoms with Gasteiger partial charge in [-0.15, -0.1) is 0 Å². The smallest absolute Gasteiger partial charge is 0.172 e. The van der Waals surface area contributed by atoms with Crippen LogP contribution in [-0.2, 0) is 0 Å². The molecule has 0 aromatic heterocycles. The summed E-state index contributed by atoms with van der Waals surface area (Å²) in [6.45, 7) is 9.58. The lowest BCUT2D eigenvalue weighted by Gasteiger charge is -2.13. The van der Waals surface area contributed by atoms with Crippen LogP contribution in [0.3, 0.4) is 0 Å². The third-order valence-electron chi connectivity index (χ3n) is 2.74. The third-order valence-corrected chi connectivity index (χ3v) is 3.83. The number of Topliss-reactive ketones (excluding diaryl/α,β-unsaturated/α-hetero) is 1. The normalized spacial score (nSPS) is 10.7. The Morgan fingerprint density at radius 1 is 1.10 bits per heavy atom. The first-order chi connectivity index (χ1) is 10.1. The zero-order valence-electron chi connectivity index (χ0n) is 13.5. The number of hydrogen-bond donors (Lipinski definition) is 0. The SMILES string of the molecule is CCCOc1ccc(C(=O)CSC(C)C)cc1OCCC. The summed E-state index contributed by atoms with van der Waals surface area (Å²) < 4.78 is 11.4. The average Bonchev–Trinajstić information content (AvgIpc) is 2.48. The second kappa shape index (κ2) is 9.72. The van der Waals surface area contributed by atoms with Crippen LogP contribution in [0.1, 0.15) is 50.9 Å². The topological polar surface area (TPSA) is 35.5 Å². The van der Waals surface area contributed by atoms with E-state index in [1.165, 1.54) is 0 Å². The first kappa shape index (κ1) is 17.9. The summed E-state index contributed by atoms with van der Waals surface area (Å²) in [7, 11) is 0. The fourth-order valence-corrected chi connectivity index (χ4v) is 2.31. The van der Waals surface area contributed by atoms with Gasteiger partial charge in [-0.3, -0.25) is 4.79 Å². The number of ether oxygens (including phenoxy) is 2. The van der Waals surface area contributed by atoms with E-state index >= 15 is 0 Å². The van der Waals surface area contributed by atoms with Crippen molar-refractivity contribution >= 4 is 17.5 Å². The number of thioether (sulfide) groups is 1. The molecule has 0 fully saturated rings. The molecule has 0 atom stereocenters. The molecule has 0 amide bonds. The molecular weight excluding hydrogens is 284 g/mol. The Labute approximate surface area is 132 Å². The lowest BCUT2D eigenvalue weighted by molar-refractivity contribution is 0.102. The molecule has 0 spiro atoms. The van der Waals surface area contributed by atoms with Crippen LogP contribution in [0.5, 0.6) is 11.5 Å². The van der Waals surface area contributed by atoms with Crippen molar-refractivity contribution in [3.63, 3.8) is 0 Å². The standard InChI is InChI=1S/C17H26O3S/c1-5-9-19-16-8-7-14(11-17(16)20-10-6-2)15(18)12-21-13(3)4/h7-8,11,13H,5-6,9-10,12H2,1-4H3. The maximum atomic E-state index is 12.2. The van der Waals surface area contributed by atoms with Crippen molar-refractivity contribution < 1.29 is 14.3 Å². The minimum atomic E-state index is 0.136. The van der Waals surface area contributed by atoms with Crippen LogP contribution in [0.2, 0.25) is 0 Å². The van der Waals surface area contributed by atoms with E-state index in [1.54, 1.807) is 11.8 Å². The molecule has 0 N–H and O–H groups in total. The number of carbonyl (C=O) groups is 1. The van der Waals surface area contributed by atoms with Gasteiger partial charge in [0.1, 0.15) is 0 Å². The van der Waals surface area contributed by atoms with Gasteiger partial charge in [0.05, 0.1) is 19.0 Å². The van der Waals surface area contributed by atoms with Gasteiger partial charge >= 0.3 is 0 Å². The van der Waals surface area contributed by atoms with Gasteiger partial charge in [-0.25, -0.2) is 0 Å². The molecule has 1 aromatic carbocycles. The summed E-state index contributed by atoms with van der Waals surface area (Å²) in [4.78, 5) is 12.2. The van der Waals surface area contributed by atoms with Crippen molar-refractivity contribution in [2.45, 2.75) is 45.8 Å². The Bertz CT molecular complexity index is 444. The molecule has 21 heavy (non-hydrogen) atoms. The Balaban J connectivity index is 2.83. The number of carbonyl (C=O) groups excluding carboxylic acids is 1. The van der Waals surface area contributed by atoms with Gasteiger partial charge in [-0.1, -0.05) is 27.7 Å². The highest BCUT2D eigenvalue weighted by Crippen LogP contribution is 2.29. The predicted octanol–water partition coefficient (Wildman–Crippen LogP) is 4.59. The van der Waals surface area contributed by atoms with Crippen LogP contribution in [0.4, 0.5) is 0 Å². The molecule has 1 aromatic rings. The Kier molecular flexibility index (Phi) is 8.28. The molecule has 0 saturated heterocycles. The average molecular weight is 310 g/mol. The first-order valence-electron chi connectivity index (χ1n) is 7.62. The van der Waals surface area contributed by atoms with E-state index in [4.69, 9.17) is 9.47 Å². The molecule has 0 unspecified atom stereocenters. The molecule has 4 heteroatoms. The van der Waals surface area contributed by atoms with E-state index in [1.807, 2.05) is 18.2 Å². The molecule has 0 bridgehead atoms. The van der Waals surface area contributed by atoms with Crippen molar-refractivity contribution in [3.05, 3.63) is 23.8 Å². The fraction of sp³-hybridized carbons (Fsp3) is 0.588. The van der Waals surface area contributed by atoms with Crippen molar-refractivity contribution in [2.24, 2.45) is 0 Å². The molecular formula is C17H26O3S. The number of rotatable bonds is 10. The van der Waals surface area contributed by atoms with Crippen LogP contribution < -0.4 is 9.47 Å². The molecule has 3 nitrogen and oxygen atoms in total. The largest absolute Gasteiger partial charge is 0.490 e. The number of benzene rings is 1. The van der Waals surface area contributed by atoms with Crippen LogP contribution in [0, 0.1) is 0 Å². The van der Waals surface area contributed by atoms with Gasteiger partial charge in [0.25, 0.3) is 0 Å². The molecule has 0 saturated carbocycles. The second-order valence-corrected chi connectivity index (χ2v) is 6.71. The summed E-state index contributed by atoms with van der Waals surface area (Å²) >= 11 is 1.65. The Morgan fingerprint density at radius 2 is 1.71 bits per heavy atom. The zero-order valence-corrected chi connectivity index (χ0v) is 14.3. The van der Waals surface area contributed by atoms with Gasteiger partial charge in [0, 0.05) is 5.56 Å². The summed E-state index contributed by atoms with van der Waals surface area (Å²) in [5, 5.41) is 0.455. The lowest BCUT2D eigenvalue weighted by atomic mass is 10.1. The van der Waals surface area contributed by atoms with Gasteiger partial charge < -0.3 is 9.47 Å². The molecule has 0 aliphatic heterocycles. The van der Waals surface area contributed by atoms with Gasteiger partial charge in [-0.05, 0) is 36.3 Å². The number of hydrogen-bond acceptors (Lipinski definition) is 4. The van der Waals surface area contributed by atoms with E-state index in [0.29, 0.717) is 35.5 Å². The molecule has 0 heterocycles. The van der Waals surface area contributed by atoms with E-state index in [0.717, 1.165) is 18.6 Å². The monoisotopic (exact) mass is 310 g/mol. The third kappa shape index (κ3) is 6.42. The van der Waals surface area contributed by atoms with Crippen LogP contribution in [0.15, 0.2) is 18.2 Å². The van der Waals surface area contributed by atoms with Crippen molar-refractivity contribution in [3.8, 4) is 11.5 Å². The van der Waals surface area contributed by atoms with Crippen molar-refractivity contribution in [2.75, 3.05) is 19.0 Å². The first-order valence-corrected chi connectivity index (χ1v) is 8.67. The molecule has 0 radical (unpaired) electrons. The fourth-order valence-electron chi connectivity index (χ4n) is 1.66. The van der Waals surface area contributed by atoms with E-state index in [2.05, 4.69) is 27.7 Å². The predicted molar refractivity (Wildman–Crippen MR) is 89.9 cm³/mol. The van der Waals surface area contributed by atoms with Crippen LogP contribution >= 0.6 is 11.8 Å². The van der Waals surface area contributed by atoms with E-state index in [9.17, 15) is 4.79 Å². The molecule has 0 aliphatic carbocycles. The highest BCUT2D eigenvalue weighted by Gasteiger charge is 2.12. The highest BCUT2D eigenvalue weighted by molar-refractivity contribution is 8.00. The highest BCUT2D eigenvalue weighted by atomic mass is 32.2. The van der Waals surface area contributed by atoms with Gasteiger partial charge in [-0.2, -0.15) is 11.8 Å². The quantitative estimate of drug-likeness (QED) is 0.592. The Morgan fingerprint density at radius 3 is 2.29 bits per heavy atom. The van der Waals surface area contributed by atoms with Gasteiger partial charge in [0.15, 0.2) is 17.3 Å². The van der Waals surface area contributed by atoms with Crippen molar-refractivity contribution in [1.82, 2.24) is 0 Å². The summed E-state index contributed by atoms with van der Waals surface area (Å²) in [6, 6.07) is 5.48. The van der Waals surface area contributed by atoms with Crippen LogP contribution in [0.25, 0.3) is 0 Å². The summed E-state index contributed by atoms with van der Waals surface area (Å²) in [5.41, 5.74) is 0.693. The maximum absolute atomic E-state index is 12.2.